The van der Waals surface area contributed by atoms with Crippen LogP contribution in [0, 0.1) is 0 Å². The molecule has 0 aliphatic heterocycles. The molecule has 0 radical (unpaired) electrons. The summed E-state index contributed by atoms with van der Waals surface area (Å²) in [5.74, 6) is 0.944. The van der Waals surface area contributed by atoms with Crippen LogP contribution in [-0.4, -0.2) is 20.1 Å². The molecule has 0 N–H and O–H groups in total. The number of rotatable bonds is 2. The zero-order valence-corrected chi connectivity index (χ0v) is 11.3. The minimum atomic E-state index is -3.70. The molecule has 1 aromatic rings. The lowest BCUT2D eigenvalue weighted by atomic mass is 10.0. The van der Waals surface area contributed by atoms with Gasteiger partial charge in [-0.25, -0.2) is 13.2 Å². The first-order valence-corrected chi connectivity index (χ1v) is 7.31. The lowest BCUT2D eigenvalue weighted by Gasteiger charge is -2.13. The summed E-state index contributed by atoms with van der Waals surface area (Å²) in [4.78, 5) is 22.1. The van der Waals surface area contributed by atoms with Crippen molar-refractivity contribution in [3.8, 4) is 0 Å². The molecule has 0 bridgehead atoms. The van der Waals surface area contributed by atoms with E-state index in [9.17, 15) is 18.0 Å². The van der Waals surface area contributed by atoms with Crippen LogP contribution in [0.2, 0.25) is 5.02 Å². The molecule has 0 amide bonds. The molecule has 0 spiro atoms. The number of hydrogen-bond acceptors (Lipinski definition) is 4. The van der Waals surface area contributed by atoms with Gasteiger partial charge in [0.25, 0.3) is 0 Å². The van der Waals surface area contributed by atoms with Crippen LogP contribution in [0.15, 0.2) is 45.7 Å². The van der Waals surface area contributed by atoms with E-state index >= 15 is 0 Å². The average Bonchev–Trinajstić information content (AvgIpc) is 2.39. The van der Waals surface area contributed by atoms with E-state index in [1.807, 2.05) is 0 Å². The molecular weight excluding hydrogens is 288 g/mol. The predicted molar refractivity (Wildman–Crippen MR) is 70.2 cm³/mol. The number of carbonyl (C=O) groups is 1. The number of hydrogen-bond donors (Lipinski definition) is 0. The van der Waals surface area contributed by atoms with Gasteiger partial charge in [-0.1, -0.05) is 11.6 Å². The standard InChI is InChI=1S/C13H9ClO4S/c14-10-2-5-11(6-3-10)19(17,18)12-4-1-9(8-15)13(16)7-12/h2-3,5-7H,1,4H2. The molecule has 1 aromatic carbocycles. The minimum Gasteiger partial charge on any atom is -0.289 e. The van der Waals surface area contributed by atoms with E-state index in [4.69, 9.17) is 11.6 Å². The number of carbonyl (C=O) groups excluding carboxylic acids is 2. The maximum atomic E-state index is 12.3. The Morgan fingerprint density at radius 3 is 2.26 bits per heavy atom. The van der Waals surface area contributed by atoms with Gasteiger partial charge in [-0.3, -0.25) is 4.79 Å². The van der Waals surface area contributed by atoms with Crippen molar-refractivity contribution in [2.75, 3.05) is 0 Å². The zero-order chi connectivity index (χ0) is 14.0. The van der Waals surface area contributed by atoms with Crippen molar-refractivity contribution in [2.24, 2.45) is 0 Å². The van der Waals surface area contributed by atoms with E-state index in [1.165, 1.54) is 30.2 Å². The van der Waals surface area contributed by atoms with Gasteiger partial charge in [0.05, 0.1) is 15.4 Å². The SMILES string of the molecule is O=C=C1CCC(S(=O)(=O)c2ccc(Cl)cc2)=CC1=O. The van der Waals surface area contributed by atoms with E-state index in [0.29, 0.717) is 5.02 Å². The number of ketones is 1. The fourth-order valence-electron chi connectivity index (χ4n) is 1.76. The molecule has 0 heterocycles. The third-order valence-corrected chi connectivity index (χ3v) is 4.96. The van der Waals surface area contributed by atoms with E-state index < -0.39 is 15.6 Å². The van der Waals surface area contributed by atoms with Gasteiger partial charge in [-0.2, -0.15) is 0 Å². The highest BCUT2D eigenvalue weighted by Gasteiger charge is 2.26. The van der Waals surface area contributed by atoms with Crippen molar-refractivity contribution in [1.82, 2.24) is 0 Å². The second-order valence-electron chi connectivity index (χ2n) is 4.01. The molecule has 1 aliphatic rings. The van der Waals surface area contributed by atoms with Crippen LogP contribution < -0.4 is 0 Å². The number of benzene rings is 1. The Kier molecular flexibility index (Phi) is 3.71. The first-order chi connectivity index (χ1) is 8.95. The van der Waals surface area contributed by atoms with E-state index in [1.54, 1.807) is 0 Å². The quantitative estimate of drug-likeness (QED) is 0.619. The van der Waals surface area contributed by atoms with Gasteiger partial charge in [-0.05, 0) is 37.1 Å². The zero-order valence-electron chi connectivity index (χ0n) is 9.72. The summed E-state index contributed by atoms with van der Waals surface area (Å²) in [7, 11) is -3.70. The summed E-state index contributed by atoms with van der Waals surface area (Å²) < 4.78 is 24.5. The molecule has 98 valence electrons. The first-order valence-electron chi connectivity index (χ1n) is 5.44. The highest BCUT2D eigenvalue weighted by Crippen LogP contribution is 2.28. The number of allylic oxidation sites excluding steroid dienone is 3. The van der Waals surface area contributed by atoms with Crippen LogP contribution in [0.25, 0.3) is 0 Å². The summed E-state index contributed by atoms with van der Waals surface area (Å²) >= 11 is 5.70. The van der Waals surface area contributed by atoms with Crippen LogP contribution in [0.1, 0.15) is 12.8 Å². The van der Waals surface area contributed by atoms with Gasteiger partial charge in [-0.15, -0.1) is 0 Å². The molecule has 0 saturated heterocycles. The van der Waals surface area contributed by atoms with Crippen LogP contribution in [-0.2, 0) is 19.4 Å². The monoisotopic (exact) mass is 296 g/mol. The highest BCUT2D eigenvalue weighted by molar-refractivity contribution is 7.95. The van der Waals surface area contributed by atoms with Gasteiger partial charge in [0, 0.05) is 11.1 Å². The maximum Gasteiger partial charge on any atom is 0.202 e. The second kappa shape index (κ2) is 5.13. The van der Waals surface area contributed by atoms with Gasteiger partial charge in [0.1, 0.15) is 5.94 Å². The van der Waals surface area contributed by atoms with Crippen molar-refractivity contribution < 1.29 is 18.0 Å². The summed E-state index contributed by atoms with van der Waals surface area (Å²) in [6.07, 6.45) is 1.22. The first kappa shape index (κ1) is 13.7. The van der Waals surface area contributed by atoms with E-state index in [-0.39, 0.29) is 28.2 Å². The maximum absolute atomic E-state index is 12.3. The molecule has 0 unspecified atom stereocenters. The van der Waals surface area contributed by atoms with Gasteiger partial charge in [0.2, 0.25) is 9.84 Å². The normalized spacial score (nSPS) is 15.9. The van der Waals surface area contributed by atoms with Crippen molar-refractivity contribution >= 4 is 33.2 Å². The molecule has 4 nitrogen and oxygen atoms in total. The third-order valence-electron chi connectivity index (χ3n) is 2.80. The Hall–Kier alpha value is -1.68. The van der Waals surface area contributed by atoms with E-state index in [0.717, 1.165) is 6.08 Å². The van der Waals surface area contributed by atoms with Crippen LogP contribution >= 0.6 is 11.6 Å². The van der Waals surface area contributed by atoms with Crippen molar-refractivity contribution in [3.63, 3.8) is 0 Å². The molecule has 2 rings (SSSR count). The van der Waals surface area contributed by atoms with Crippen LogP contribution in [0.3, 0.4) is 0 Å². The molecule has 19 heavy (non-hydrogen) atoms. The average molecular weight is 297 g/mol. The molecule has 0 fully saturated rings. The fourth-order valence-corrected chi connectivity index (χ4v) is 3.31. The lowest BCUT2D eigenvalue weighted by molar-refractivity contribution is -0.111. The smallest absolute Gasteiger partial charge is 0.202 e. The predicted octanol–water partition coefficient (Wildman–Crippen LogP) is 2.12. The van der Waals surface area contributed by atoms with Crippen LogP contribution in [0.4, 0.5) is 0 Å². The van der Waals surface area contributed by atoms with Crippen molar-refractivity contribution in [2.45, 2.75) is 17.7 Å². The summed E-state index contributed by atoms with van der Waals surface area (Å²) in [6, 6.07) is 5.70. The third kappa shape index (κ3) is 2.68. The van der Waals surface area contributed by atoms with Crippen LogP contribution in [0.5, 0.6) is 0 Å². The molecule has 0 aromatic heterocycles. The molecule has 0 atom stereocenters. The second-order valence-corrected chi connectivity index (χ2v) is 6.45. The number of sulfone groups is 1. The van der Waals surface area contributed by atoms with E-state index in [2.05, 4.69) is 0 Å². The molecule has 1 aliphatic carbocycles. The van der Waals surface area contributed by atoms with Gasteiger partial charge in [0.15, 0.2) is 5.78 Å². The topological polar surface area (TPSA) is 68.3 Å². The van der Waals surface area contributed by atoms with Gasteiger partial charge >= 0.3 is 0 Å². The fraction of sp³-hybridized carbons (Fsp3) is 0.154. The lowest BCUT2D eigenvalue weighted by Crippen LogP contribution is -2.14. The molecular formula is C13H9ClO4S. The molecule has 0 saturated carbocycles. The minimum absolute atomic E-state index is 0.0128. The van der Waals surface area contributed by atoms with Crippen molar-refractivity contribution in [1.29, 1.82) is 0 Å². The largest absolute Gasteiger partial charge is 0.289 e. The van der Waals surface area contributed by atoms with Gasteiger partial charge < -0.3 is 0 Å². The summed E-state index contributed by atoms with van der Waals surface area (Å²) in [5, 5.41) is 0.429. The Morgan fingerprint density at radius 2 is 1.74 bits per heavy atom. The number of halogens is 1. The Morgan fingerprint density at radius 1 is 1.11 bits per heavy atom. The highest BCUT2D eigenvalue weighted by atomic mass is 35.5. The summed E-state index contributed by atoms with van der Waals surface area (Å²) in [5.41, 5.74) is -0.0185. The van der Waals surface area contributed by atoms with Crippen molar-refractivity contribution in [3.05, 3.63) is 45.8 Å². The Bertz CT molecular complexity index is 708. The summed E-state index contributed by atoms with van der Waals surface area (Å²) in [6.45, 7) is 0. The molecule has 6 heteroatoms. The Balaban J connectivity index is 2.44. The Labute approximate surface area is 115 Å².